The van der Waals surface area contributed by atoms with Crippen molar-refractivity contribution in [2.24, 2.45) is 5.16 Å². The fourth-order valence-corrected chi connectivity index (χ4v) is 1.62. The molecule has 0 aromatic heterocycles. The maximum Gasteiger partial charge on any atom is 0.307 e. The Morgan fingerprint density at radius 2 is 2.29 bits per heavy atom. The van der Waals surface area contributed by atoms with Crippen molar-refractivity contribution in [2.75, 3.05) is 0 Å². The van der Waals surface area contributed by atoms with Gasteiger partial charge in [0.2, 0.25) is 0 Å². The average molecular weight is 241 g/mol. The van der Waals surface area contributed by atoms with Gasteiger partial charge < -0.3 is 9.94 Å². The largest absolute Gasteiger partial charge is 0.481 e. The highest BCUT2D eigenvalue weighted by atomic mass is 19.1. The molecule has 1 heterocycles. The second kappa shape index (κ2) is 4.48. The van der Waals surface area contributed by atoms with Crippen LogP contribution in [-0.4, -0.2) is 22.9 Å². The number of oxime groups is 1. The van der Waals surface area contributed by atoms with Crippen LogP contribution in [0.2, 0.25) is 0 Å². The van der Waals surface area contributed by atoms with Crippen molar-refractivity contribution in [3.8, 4) is 0 Å². The monoisotopic (exact) mass is 241 g/mol. The average Bonchev–Trinajstić information content (AvgIpc) is 2.65. The molecule has 0 spiro atoms. The molecule has 2 rings (SSSR count). The fraction of sp³-hybridized carbons (Fsp3) is 0.273. The van der Waals surface area contributed by atoms with Crippen LogP contribution in [0.4, 0.5) is 8.78 Å². The molecule has 0 fully saturated rings. The van der Waals surface area contributed by atoms with Crippen LogP contribution in [0.25, 0.3) is 0 Å². The Labute approximate surface area is 95.5 Å². The lowest BCUT2D eigenvalue weighted by molar-refractivity contribution is -0.139. The van der Waals surface area contributed by atoms with E-state index in [4.69, 9.17) is 9.94 Å². The quantitative estimate of drug-likeness (QED) is 0.879. The molecule has 0 amide bonds. The number of rotatable bonds is 3. The van der Waals surface area contributed by atoms with Gasteiger partial charge in [-0.05, 0) is 12.1 Å². The van der Waals surface area contributed by atoms with Gasteiger partial charge in [0.05, 0.1) is 12.1 Å². The lowest BCUT2D eigenvalue weighted by Gasteiger charge is -2.03. The van der Waals surface area contributed by atoms with E-state index in [1.54, 1.807) is 0 Å². The minimum atomic E-state index is -1.01. The van der Waals surface area contributed by atoms with Crippen LogP contribution in [0.15, 0.2) is 23.4 Å². The molecule has 0 saturated carbocycles. The van der Waals surface area contributed by atoms with E-state index in [2.05, 4.69) is 5.16 Å². The first kappa shape index (κ1) is 11.5. The minimum Gasteiger partial charge on any atom is -0.481 e. The number of carbonyl (C=O) groups is 1. The summed E-state index contributed by atoms with van der Waals surface area (Å²) in [6.45, 7) is 0. The third-order valence-corrected chi connectivity index (χ3v) is 2.38. The maximum atomic E-state index is 13.4. The number of hydrogen-bond donors (Lipinski definition) is 1. The molecule has 0 radical (unpaired) electrons. The minimum absolute atomic E-state index is 0.138. The zero-order valence-electron chi connectivity index (χ0n) is 8.69. The first-order valence-electron chi connectivity index (χ1n) is 4.96. The van der Waals surface area contributed by atoms with Gasteiger partial charge in [0.1, 0.15) is 17.7 Å². The normalized spacial score (nSPS) is 18.7. The van der Waals surface area contributed by atoms with Gasteiger partial charge in [-0.2, -0.15) is 0 Å². The zero-order valence-corrected chi connectivity index (χ0v) is 8.69. The molecular formula is C11H9F2NO3. The van der Waals surface area contributed by atoms with E-state index in [0.29, 0.717) is 5.71 Å². The molecule has 1 aliphatic rings. The van der Waals surface area contributed by atoms with E-state index < -0.39 is 23.7 Å². The molecule has 0 bridgehead atoms. The summed E-state index contributed by atoms with van der Waals surface area (Å²) in [5.41, 5.74) is 0.438. The summed E-state index contributed by atoms with van der Waals surface area (Å²) in [5, 5.41) is 12.2. The Morgan fingerprint density at radius 1 is 1.53 bits per heavy atom. The lowest BCUT2D eigenvalue weighted by Crippen LogP contribution is -2.14. The number of halogens is 2. The summed E-state index contributed by atoms with van der Waals surface area (Å²) in [7, 11) is 0. The van der Waals surface area contributed by atoms with Crippen LogP contribution in [-0.2, 0) is 9.63 Å². The van der Waals surface area contributed by atoms with E-state index in [0.717, 1.165) is 12.1 Å². The third-order valence-electron chi connectivity index (χ3n) is 2.38. The second-order valence-corrected chi connectivity index (χ2v) is 3.69. The predicted molar refractivity (Wildman–Crippen MR) is 54.6 cm³/mol. The smallest absolute Gasteiger partial charge is 0.307 e. The molecular weight excluding hydrogens is 232 g/mol. The van der Waals surface area contributed by atoms with Crippen molar-refractivity contribution in [1.82, 2.24) is 0 Å². The highest BCUT2D eigenvalue weighted by molar-refractivity contribution is 6.01. The van der Waals surface area contributed by atoms with Gasteiger partial charge in [0, 0.05) is 18.1 Å². The zero-order chi connectivity index (χ0) is 12.4. The third kappa shape index (κ3) is 2.58. The van der Waals surface area contributed by atoms with Gasteiger partial charge in [0.25, 0.3) is 0 Å². The summed E-state index contributed by atoms with van der Waals surface area (Å²) < 4.78 is 26.1. The van der Waals surface area contributed by atoms with Crippen molar-refractivity contribution in [1.29, 1.82) is 0 Å². The summed E-state index contributed by atoms with van der Waals surface area (Å²) in [5.74, 6) is -2.41. The molecule has 1 aliphatic heterocycles. The van der Waals surface area contributed by atoms with Crippen molar-refractivity contribution < 1.29 is 23.5 Å². The topological polar surface area (TPSA) is 58.9 Å². The van der Waals surface area contributed by atoms with E-state index >= 15 is 0 Å². The molecule has 0 saturated heterocycles. The van der Waals surface area contributed by atoms with Crippen LogP contribution in [0.3, 0.4) is 0 Å². The Kier molecular flexibility index (Phi) is 3.03. The Morgan fingerprint density at radius 3 is 2.94 bits per heavy atom. The molecule has 1 atom stereocenters. The highest BCUT2D eigenvalue weighted by Gasteiger charge is 2.26. The number of hydrogen-bond acceptors (Lipinski definition) is 3. The van der Waals surface area contributed by atoms with Crippen molar-refractivity contribution in [3.05, 3.63) is 35.4 Å². The predicted octanol–water partition coefficient (Wildman–Crippen LogP) is 1.93. The lowest BCUT2D eigenvalue weighted by atomic mass is 10.0. The van der Waals surface area contributed by atoms with Gasteiger partial charge in [0.15, 0.2) is 0 Å². The van der Waals surface area contributed by atoms with Crippen LogP contribution < -0.4 is 0 Å². The van der Waals surface area contributed by atoms with Crippen LogP contribution in [0, 0.1) is 11.6 Å². The second-order valence-electron chi connectivity index (χ2n) is 3.69. The molecule has 6 heteroatoms. The summed E-state index contributed by atoms with van der Waals surface area (Å²) in [6, 6.07) is 3.13. The first-order chi connectivity index (χ1) is 8.06. The maximum absolute atomic E-state index is 13.4. The number of nitrogens with zero attached hydrogens (tertiary/aromatic N) is 1. The number of benzene rings is 1. The summed E-state index contributed by atoms with van der Waals surface area (Å²) in [4.78, 5) is 15.3. The Bertz CT molecular complexity index is 488. The van der Waals surface area contributed by atoms with Gasteiger partial charge >= 0.3 is 5.97 Å². The fourth-order valence-electron chi connectivity index (χ4n) is 1.62. The van der Waals surface area contributed by atoms with Gasteiger partial charge in [-0.25, -0.2) is 8.78 Å². The molecule has 17 heavy (non-hydrogen) atoms. The number of carboxylic acid groups (broad SMARTS) is 1. The van der Waals surface area contributed by atoms with Gasteiger partial charge in [-0.15, -0.1) is 0 Å². The molecule has 1 aromatic carbocycles. The van der Waals surface area contributed by atoms with Gasteiger partial charge in [-0.3, -0.25) is 4.79 Å². The van der Waals surface area contributed by atoms with E-state index in [-0.39, 0.29) is 18.4 Å². The van der Waals surface area contributed by atoms with Crippen LogP contribution in [0.1, 0.15) is 18.4 Å². The molecule has 1 N–H and O–H groups in total. The standard InChI is InChI=1S/C11H9F2NO3/c12-6-1-2-8(9(13)3-6)10-4-7(17-14-10)5-11(15)16/h1-3,7H,4-5H2,(H,15,16)/t7-/m1/s1. The molecule has 0 aliphatic carbocycles. The van der Waals surface area contributed by atoms with Crippen molar-refractivity contribution in [2.45, 2.75) is 18.9 Å². The highest BCUT2D eigenvalue weighted by Crippen LogP contribution is 2.21. The van der Waals surface area contributed by atoms with E-state index in [1.807, 2.05) is 0 Å². The van der Waals surface area contributed by atoms with Crippen molar-refractivity contribution >= 4 is 11.7 Å². The van der Waals surface area contributed by atoms with Crippen LogP contribution >= 0.6 is 0 Å². The summed E-state index contributed by atoms with van der Waals surface area (Å²) in [6.07, 6.45) is -0.586. The SMILES string of the molecule is O=C(O)C[C@H]1CC(c2ccc(F)cc2F)=NO1. The number of carboxylic acids is 1. The molecule has 0 unspecified atom stereocenters. The summed E-state index contributed by atoms with van der Waals surface area (Å²) >= 11 is 0. The first-order valence-corrected chi connectivity index (χ1v) is 4.96. The van der Waals surface area contributed by atoms with Crippen LogP contribution in [0.5, 0.6) is 0 Å². The van der Waals surface area contributed by atoms with Crippen molar-refractivity contribution in [3.63, 3.8) is 0 Å². The number of aliphatic carboxylic acids is 1. The molecule has 4 nitrogen and oxygen atoms in total. The molecule has 1 aromatic rings. The Hall–Kier alpha value is -1.98. The Balaban J connectivity index is 2.12. The van der Waals surface area contributed by atoms with Gasteiger partial charge in [-0.1, -0.05) is 5.16 Å². The van der Waals surface area contributed by atoms with E-state index in [9.17, 15) is 13.6 Å². The molecule has 90 valence electrons. The van der Waals surface area contributed by atoms with E-state index in [1.165, 1.54) is 6.07 Å².